The SMILES string of the molecule is CCCCCCCC[P+]([O-])(O)O.CCCCCCCC[P+]([O-])([O-])[O-].[Zn+2]. The molecule has 0 radical (unpaired) electrons. The topological polar surface area (TPSA) is 133 Å². The molecule has 0 spiro atoms. The molecule has 0 aromatic carbocycles. The van der Waals surface area contributed by atoms with Crippen LogP contribution in [0.3, 0.4) is 0 Å². The summed E-state index contributed by atoms with van der Waals surface area (Å²) in [5.41, 5.74) is 0. The summed E-state index contributed by atoms with van der Waals surface area (Å²) in [6, 6.07) is 0. The summed E-state index contributed by atoms with van der Waals surface area (Å²) in [4.78, 5) is 58.1. The maximum Gasteiger partial charge on any atom is 2.00 e. The van der Waals surface area contributed by atoms with Crippen LogP contribution in [0.25, 0.3) is 0 Å². The zero-order valence-electron chi connectivity index (χ0n) is 16.0. The standard InChI is InChI=1S/2C8H19O3P.Zn/c2*1-2-3-4-5-6-7-8-12(9,10)11;/h2*2-8H2,1H3,(H2,9,10,11);/q;;+2/p-2. The second-order valence-corrected chi connectivity index (χ2v) is 9.70. The van der Waals surface area contributed by atoms with Crippen LogP contribution in [0.15, 0.2) is 0 Å². The van der Waals surface area contributed by atoms with Crippen molar-refractivity contribution in [1.29, 1.82) is 0 Å². The van der Waals surface area contributed by atoms with E-state index < -0.39 is 15.9 Å². The molecule has 0 aliphatic rings. The molecule has 0 heterocycles. The van der Waals surface area contributed by atoms with Gasteiger partial charge in [0.25, 0.3) is 0 Å². The van der Waals surface area contributed by atoms with Crippen LogP contribution in [0, 0.1) is 0 Å². The minimum absolute atomic E-state index is 0. The molecule has 0 atom stereocenters. The fraction of sp³-hybridized carbons (Fsp3) is 1.00. The molecule has 6 nitrogen and oxygen atoms in total. The second-order valence-electron chi connectivity index (χ2n) is 6.26. The van der Waals surface area contributed by atoms with Crippen molar-refractivity contribution >= 4 is 15.9 Å². The first-order valence-electron chi connectivity index (χ1n) is 9.18. The molecular weight excluding hydrogens is 416 g/mol. The average molecular weight is 452 g/mol. The van der Waals surface area contributed by atoms with Crippen LogP contribution in [0.5, 0.6) is 0 Å². The van der Waals surface area contributed by atoms with E-state index in [4.69, 9.17) is 9.79 Å². The van der Waals surface area contributed by atoms with Gasteiger partial charge in [-0.15, -0.1) is 0 Å². The predicted octanol–water partition coefficient (Wildman–Crippen LogP) is 1.64. The van der Waals surface area contributed by atoms with Gasteiger partial charge in [-0.3, -0.25) is 0 Å². The molecule has 0 amide bonds. The summed E-state index contributed by atoms with van der Waals surface area (Å²) in [5, 5.41) is 0. The van der Waals surface area contributed by atoms with E-state index in [0.717, 1.165) is 32.1 Å². The molecule has 0 aliphatic carbocycles. The number of hydrogen-bond donors (Lipinski definition) is 2. The van der Waals surface area contributed by atoms with E-state index in [9.17, 15) is 19.6 Å². The molecule has 0 aromatic rings. The summed E-state index contributed by atoms with van der Waals surface area (Å²) in [6.07, 6.45) is 12.2. The molecule has 0 aromatic heterocycles. The van der Waals surface area contributed by atoms with Crippen LogP contribution in [-0.4, -0.2) is 22.1 Å². The Morgan fingerprint density at radius 1 is 0.560 bits per heavy atom. The average Bonchev–Trinajstić information content (AvgIpc) is 2.45. The zero-order chi connectivity index (χ0) is 18.9. The van der Waals surface area contributed by atoms with E-state index >= 15 is 0 Å². The van der Waals surface area contributed by atoms with Crippen molar-refractivity contribution in [1.82, 2.24) is 0 Å². The molecule has 0 saturated carbocycles. The minimum Gasteiger partial charge on any atom is -0.688 e. The van der Waals surface area contributed by atoms with Crippen LogP contribution in [-0.2, 0) is 19.5 Å². The minimum atomic E-state index is -4.22. The quantitative estimate of drug-likeness (QED) is 0.234. The Bertz CT molecular complexity index is 234. The maximum atomic E-state index is 10.4. The predicted molar refractivity (Wildman–Crippen MR) is 94.8 cm³/mol. The van der Waals surface area contributed by atoms with E-state index in [0.29, 0.717) is 12.8 Å². The molecule has 2 N–H and O–H groups in total. The fourth-order valence-electron chi connectivity index (χ4n) is 2.18. The van der Waals surface area contributed by atoms with Gasteiger partial charge in [0.15, 0.2) is 0 Å². The van der Waals surface area contributed by atoms with E-state index in [1.54, 1.807) is 0 Å². The summed E-state index contributed by atoms with van der Waals surface area (Å²) in [5.74, 6) is 0. The normalized spacial score (nSPS) is 11.5. The van der Waals surface area contributed by atoms with Gasteiger partial charge in [-0.05, 0) is 25.7 Å². The number of unbranched alkanes of at least 4 members (excludes halogenated alkanes) is 10. The van der Waals surface area contributed by atoms with Crippen molar-refractivity contribution in [2.24, 2.45) is 0 Å². The van der Waals surface area contributed by atoms with Gasteiger partial charge in [-0.1, -0.05) is 65.2 Å². The van der Waals surface area contributed by atoms with Gasteiger partial charge in [0.2, 0.25) is 7.94 Å². The summed E-state index contributed by atoms with van der Waals surface area (Å²) in [7, 11) is -7.94. The van der Waals surface area contributed by atoms with Gasteiger partial charge in [0.1, 0.15) is 6.16 Å². The van der Waals surface area contributed by atoms with Gasteiger partial charge in [-0.25, -0.2) is 9.79 Å². The van der Waals surface area contributed by atoms with E-state index in [1.165, 1.54) is 32.1 Å². The first kappa shape index (κ1) is 31.0. The van der Waals surface area contributed by atoms with Gasteiger partial charge < -0.3 is 19.6 Å². The van der Waals surface area contributed by atoms with Crippen molar-refractivity contribution in [3.63, 3.8) is 0 Å². The van der Waals surface area contributed by atoms with Gasteiger partial charge >= 0.3 is 19.5 Å². The summed E-state index contributed by atoms with van der Waals surface area (Å²) in [6.45, 7) is 4.28. The maximum absolute atomic E-state index is 10.4. The Balaban J connectivity index is -0.000000372. The van der Waals surface area contributed by atoms with E-state index in [2.05, 4.69) is 13.8 Å². The molecule has 0 saturated heterocycles. The summed E-state index contributed by atoms with van der Waals surface area (Å²) < 4.78 is 0. The second kappa shape index (κ2) is 20.0. The Morgan fingerprint density at radius 3 is 1.20 bits per heavy atom. The molecule has 0 unspecified atom stereocenters. The Labute approximate surface area is 168 Å². The van der Waals surface area contributed by atoms with Crippen LogP contribution in [0.4, 0.5) is 0 Å². The first-order valence-corrected chi connectivity index (χ1v) is 12.7. The molecular formula is C16H36O6P2Zn. The van der Waals surface area contributed by atoms with Gasteiger partial charge in [-0.2, -0.15) is 7.94 Å². The number of hydrogen-bond acceptors (Lipinski definition) is 6. The third kappa shape index (κ3) is 36.8. The van der Waals surface area contributed by atoms with Crippen LogP contribution in [0.1, 0.15) is 90.9 Å². The van der Waals surface area contributed by atoms with Crippen molar-refractivity contribution in [2.75, 3.05) is 12.3 Å². The van der Waals surface area contributed by atoms with E-state index in [1.807, 2.05) is 0 Å². The van der Waals surface area contributed by atoms with Crippen molar-refractivity contribution in [3.8, 4) is 0 Å². The van der Waals surface area contributed by atoms with Gasteiger partial charge in [0, 0.05) is 6.16 Å². The molecule has 0 bridgehead atoms. The molecule has 25 heavy (non-hydrogen) atoms. The molecule has 0 rings (SSSR count). The molecule has 0 aliphatic heterocycles. The molecule has 148 valence electrons. The Kier molecular flexibility index (Phi) is 24.8. The van der Waals surface area contributed by atoms with Crippen LogP contribution >= 0.6 is 15.9 Å². The third-order valence-corrected chi connectivity index (χ3v) is 5.35. The third-order valence-electron chi connectivity index (χ3n) is 3.59. The smallest absolute Gasteiger partial charge is 0.688 e. The monoisotopic (exact) mass is 450 g/mol. The van der Waals surface area contributed by atoms with Crippen molar-refractivity contribution in [3.05, 3.63) is 0 Å². The summed E-state index contributed by atoms with van der Waals surface area (Å²) >= 11 is 0. The molecule has 0 fully saturated rings. The van der Waals surface area contributed by atoms with E-state index in [-0.39, 0.29) is 31.8 Å². The Hall–Kier alpha value is 1.24. The Morgan fingerprint density at radius 2 is 0.880 bits per heavy atom. The largest absolute Gasteiger partial charge is 2.00 e. The van der Waals surface area contributed by atoms with Crippen LogP contribution in [0.2, 0.25) is 0 Å². The fourth-order valence-corrected chi connectivity index (χ4v) is 3.43. The van der Waals surface area contributed by atoms with Crippen LogP contribution < -0.4 is 19.6 Å². The zero-order valence-corrected chi connectivity index (χ0v) is 20.8. The van der Waals surface area contributed by atoms with Gasteiger partial charge in [0.05, 0.1) is 0 Å². The number of rotatable bonds is 14. The molecule has 9 heteroatoms. The first-order chi connectivity index (χ1) is 11.1. The van der Waals surface area contributed by atoms with Crippen molar-refractivity contribution < 1.29 is 48.8 Å². The van der Waals surface area contributed by atoms with Crippen molar-refractivity contribution in [2.45, 2.75) is 90.9 Å².